The van der Waals surface area contributed by atoms with E-state index in [1.54, 1.807) is 19.0 Å². The molecule has 0 aliphatic carbocycles. The van der Waals surface area contributed by atoms with Gasteiger partial charge in [-0.1, -0.05) is 37.3 Å². The van der Waals surface area contributed by atoms with Crippen LogP contribution in [0.3, 0.4) is 0 Å². The zero-order chi connectivity index (χ0) is 16.5. The molecule has 0 aromatic heterocycles. The predicted octanol–water partition coefficient (Wildman–Crippen LogP) is 1.51. The fraction of sp³-hybridized carbons (Fsp3) is 0.529. The normalized spacial score (nSPS) is 11.8. The third-order valence-electron chi connectivity index (χ3n) is 3.46. The molecule has 1 unspecified atom stereocenters. The summed E-state index contributed by atoms with van der Waals surface area (Å²) >= 11 is 0. The fourth-order valence-corrected chi connectivity index (χ4v) is 2.09. The van der Waals surface area contributed by atoms with Gasteiger partial charge in [0, 0.05) is 46.6 Å². The number of hydrogen-bond acceptors (Lipinski definition) is 3. The standard InChI is InChI=1S/C17H26N2O3/c1-14(13-20)11-19(12-15-7-5-4-6-8-15)17(22)10-9-16(21)18(2)3/h4-8,14,20H,9-13H2,1-3H3. The summed E-state index contributed by atoms with van der Waals surface area (Å²) < 4.78 is 0. The molecule has 0 saturated carbocycles. The number of rotatable bonds is 8. The molecule has 0 aliphatic rings. The minimum atomic E-state index is -0.0562. The first-order chi connectivity index (χ1) is 10.4. The third kappa shape index (κ3) is 6.26. The van der Waals surface area contributed by atoms with Crippen LogP contribution in [-0.4, -0.2) is 54.0 Å². The second kappa shape index (κ2) is 9.20. The van der Waals surface area contributed by atoms with Crippen molar-refractivity contribution in [3.05, 3.63) is 35.9 Å². The Bertz CT molecular complexity index is 474. The topological polar surface area (TPSA) is 60.9 Å². The molecule has 5 heteroatoms. The lowest BCUT2D eigenvalue weighted by molar-refractivity contribution is -0.136. The number of hydrogen-bond donors (Lipinski definition) is 1. The highest BCUT2D eigenvalue weighted by molar-refractivity contribution is 5.83. The Morgan fingerprint density at radius 2 is 1.68 bits per heavy atom. The van der Waals surface area contributed by atoms with Crippen LogP contribution in [0.5, 0.6) is 0 Å². The first kappa shape index (κ1) is 18.2. The maximum absolute atomic E-state index is 12.4. The molecule has 0 saturated heterocycles. The van der Waals surface area contributed by atoms with E-state index in [0.717, 1.165) is 5.56 Å². The van der Waals surface area contributed by atoms with E-state index >= 15 is 0 Å². The van der Waals surface area contributed by atoms with E-state index in [1.165, 1.54) is 4.90 Å². The van der Waals surface area contributed by atoms with Crippen molar-refractivity contribution >= 4 is 11.8 Å². The molecule has 0 radical (unpaired) electrons. The highest BCUT2D eigenvalue weighted by Crippen LogP contribution is 2.10. The minimum Gasteiger partial charge on any atom is -0.396 e. The van der Waals surface area contributed by atoms with E-state index < -0.39 is 0 Å². The van der Waals surface area contributed by atoms with E-state index in [-0.39, 0.29) is 37.2 Å². The van der Waals surface area contributed by atoms with E-state index in [2.05, 4.69) is 0 Å². The summed E-state index contributed by atoms with van der Waals surface area (Å²) in [7, 11) is 3.37. The van der Waals surface area contributed by atoms with Gasteiger partial charge in [-0.15, -0.1) is 0 Å². The number of aliphatic hydroxyl groups excluding tert-OH is 1. The van der Waals surface area contributed by atoms with Crippen LogP contribution >= 0.6 is 0 Å². The van der Waals surface area contributed by atoms with E-state index in [4.69, 9.17) is 0 Å². The maximum atomic E-state index is 12.4. The van der Waals surface area contributed by atoms with Gasteiger partial charge in [-0.3, -0.25) is 9.59 Å². The van der Waals surface area contributed by atoms with Crippen LogP contribution in [0.15, 0.2) is 30.3 Å². The van der Waals surface area contributed by atoms with Crippen LogP contribution in [0.1, 0.15) is 25.3 Å². The van der Waals surface area contributed by atoms with Crippen LogP contribution in [0.4, 0.5) is 0 Å². The van der Waals surface area contributed by atoms with Crippen molar-refractivity contribution in [3.8, 4) is 0 Å². The largest absolute Gasteiger partial charge is 0.396 e. The molecular formula is C17H26N2O3. The lowest BCUT2D eigenvalue weighted by Gasteiger charge is -2.25. The molecule has 22 heavy (non-hydrogen) atoms. The summed E-state index contributed by atoms with van der Waals surface area (Å²) in [6.45, 7) is 2.92. The van der Waals surface area contributed by atoms with Gasteiger partial charge < -0.3 is 14.9 Å². The monoisotopic (exact) mass is 306 g/mol. The van der Waals surface area contributed by atoms with Gasteiger partial charge in [-0.05, 0) is 11.5 Å². The summed E-state index contributed by atoms with van der Waals surface area (Å²) in [6, 6.07) is 9.73. The lowest BCUT2D eigenvalue weighted by atomic mass is 10.1. The second-order valence-corrected chi connectivity index (χ2v) is 5.84. The zero-order valence-electron chi connectivity index (χ0n) is 13.7. The highest BCUT2D eigenvalue weighted by Gasteiger charge is 2.18. The number of carbonyl (C=O) groups is 2. The summed E-state index contributed by atoms with van der Waals surface area (Å²) in [6.07, 6.45) is 0.409. The van der Waals surface area contributed by atoms with Crippen molar-refractivity contribution in [3.63, 3.8) is 0 Å². The maximum Gasteiger partial charge on any atom is 0.223 e. The smallest absolute Gasteiger partial charge is 0.223 e. The van der Waals surface area contributed by atoms with Gasteiger partial charge >= 0.3 is 0 Å². The lowest BCUT2D eigenvalue weighted by Crippen LogP contribution is -2.36. The third-order valence-corrected chi connectivity index (χ3v) is 3.46. The quantitative estimate of drug-likeness (QED) is 0.792. The first-order valence-corrected chi connectivity index (χ1v) is 7.56. The van der Waals surface area contributed by atoms with Crippen LogP contribution in [-0.2, 0) is 16.1 Å². The van der Waals surface area contributed by atoms with Gasteiger partial charge in [0.25, 0.3) is 0 Å². The molecular weight excluding hydrogens is 280 g/mol. The molecule has 5 nitrogen and oxygen atoms in total. The molecule has 0 bridgehead atoms. The molecule has 0 aliphatic heterocycles. The molecule has 1 rings (SSSR count). The molecule has 122 valence electrons. The Hall–Kier alpha value is -1.88. The van der Waals surface area contributed by atoms with Crippen molar-refractivity contribution in [1.29, 1.82) is 0 Å². The molecule has 0 spiro atoms. The van der Waals surface area contributed by atoms with Crippen molar-refractivity contribution in [2.24, 2.45) is 5.92 Å². The molecule has 0 fully saturated rings. The number of benzene rings is 1. The van der Waals surface area contributed by atoms with Crippen LogP contribution in [0, 0.1) is 5.92 Å². The molecule has 1 aromatic rings. The predicted molar refractivity (Wildman–Crippen MR) is 86.0 cm³/mol. The summed E-state index contributed by atoms with van der Waals surface area (Å²) in [5.74, 6) is -0.0974. The average molecular weight is 306 g/mol. The Kier molecular flexibility index (Phi) is 7.60. The molecule has 1 N–H and O–H groups in total. The SMILES string of the molecule is CC(CO)CN(Cc1ccccc1)C(=O)CCC(=O)N(C)C. The van der Waals surface area contributed by atoms with Crippen molar-refractivity contribution in [1.82, 2.24) is 9.80 Å². The van der Waals surface area contributed by atoms with Crippen molar-refractivity contribution in [2.45, 2.75) is 26.3 Å². The van der Waals surface area contributed by atoms with Gasteiger partial charge in [0.2, 0.25) is 11.8 Å². The van der Waals surface area contributed by atoms with Gasteiger partial charge in [-0.25, -0.2) is 0 Å². The Balaban J connectivity index is 2.68. The van der Waals surface area contributed by atoms with Crippen LogP contribution < -0.4 is 0 Å². The van der Waals surface area contributed by atoms with Crippen molar-refractivity contribution < 1.29 is 14.7 Å². The van der Waals surface area contributed by atoms with Crippen molar-refractivity contribution in [2.75, 3.05) is 27.2 Å². The second-order valence-electron chi connectivity index (χ2n) is 5.84. The van der Waals surface area contributed by atoms with Gasteiger partial charge in [0.1, 0.15) is 0 Å². The number of carbonyl (C=O) groups excluding carboxylic acids is 2. The molecule has 1 aromatic carbocycles. The number of aliphatic hydroxyl groups is 1. The summed E-state index contributed by atoms with van der Waals surface area (Å²) in [5.41, 5.74) is 1.04. The average Bonchev–Trinajstić information content (AvgIpc) is 2.52. The number of nitrogens with zero attached hydrogens (tertiary/aromatic N) is 2. The summed E-state index contributed by atoms with van der Waals surface area (Å²) in [4.78, 5) is 27.2. The summed E-state index contributed by atoms with van der Waals surface area (Å²) in [5, 5.41) is 9.22. The van der Waals surface area contributed by atoms with Gasteiger partial charge in [-0.2, -0.15) is 0 Å². The number of amides is 2. The van der Waals surface area contributed by atoms with E-state index in [0.29, 0.717) is 13.1 Å². The Morgan fingerprint density at radius 1 is 1.09 bits per heavy atom. The van der Waals surface area contributed by atoms with E-state index in [9.17, 15) is 14.7 Å². The minimum absolute atomic E-state index is 0.0113. The van der Waals surface area contributed by atoms with Crippen LogP contribution in [0.2, 0.25) is 0 Å². The zero-order valence-corrected chi connectivity index (χ0v) is 13.7. The highest BCUT2D eigenvalue weighted by atomic mass is 16.3. The van der Waals surface area contributed by atoms with E-state index in [1.807, 2.05) is 37.3 Å². The Labute approximate surface area is 132 Å². The molecule has 0 heterocycles. The fourth-order valence-electron chi connectivity index (χ4n) is 2.09. The van der Waals surface area contributed by atoms with Gasteiger partial charge in [0.15, 0.2) is 0 Å². The first-order valence-electron chi connectivity index (χ1n) is 7.56. The molecule has 2 amide bonds. The van der Waals surface area contributed by atoms with Gasteiger partial charge in [0.05, 0.1) is 0 Å². The molecule has 1 atom stereocenters. The van der Waals surface area contributed by atoms with Crippen LogP contribution in [0.25, 0.3) is 0 Å². The Morgan fingerprint density at radius 3 is 2.23 bits per heavy atom.